The fraction of sp³-hybridized carbons (Fsp3) is 0.125. The predicted octanol–water partition coefficient (Wildman–Crippen LogP) is 6.23. The number of carbonyl (C=O) groups excluding carboxylic acids is 1. The molecule has 0 saturated heterocycles. The minimum absolute atomic E-state index is 0.207. The van der Waals surface area contributed by atoms with E-state index in [0.717, 1.165) is 24.3 Å². The van der Waals surface area contributed by atoms with Gasteiger partial charge in [-0.1, -0.05) is 12.1 Å². The Hall–Kier alpha value is -3.72. The number of hydrogen-bond acceptors (Lipinski definition) is 3. The number of pyridine rings is 1. The van der Waals surface area contributed by atoms with Gasteiger partial charge >= 0.3 is 6.18 Å². The van der Waals surface area contributed by atoms with Crippen molar-refractivity contribution in [3.8, 4) is 22.4 Å². The lowest BCUT2D eigenvalue weighted by Gasteiger charge is -2.14. The molecule has 10 heteroatoms. The van der Waals surface area contributed by atoms with Crippen LogP contribution in [0.5, 0.6) is 0 Å². The van der Waals surface area contributed by atoms with Crippen LogP contribution in [0.15, 0.2) is 73.1 Å². The number of hydrogen-bond donors (Lipinski definition) is 1. The topological polar surface area (TPSA) is 59.8 Å². The lowest BCUT2D eigenvalue weighted by Crippen LogP contribution is -2.19. The summed E-state index contributed by atoms with van der Waals surface area (Å²) < 4.78 is 53.4. The third-order valence-electron chi connectivity index (χ3n) is 5.14. The maximum Gasteiger partial charge on any atom is 0.416 e. The summed E-state index contributed by atoms with van der Waals surface area (Å²) in [6.07, 6.45) is -1.34. The molecule has 0 aliphatic carbocycles. The molecule has 4 rings (SSSR count). The van der Waals surface area contributed by atoms with Crippen LogP contribution in [0.3, 0.4) is 0 Å². The van der Waals surface area contributed by atoms with Crippen LogP contribution in [0.1, 0.15) is 16.5 Å². The summed E-state index contributed by atoms with van der Waals surface area (Å²) >= 11 is 6.29. The monoisotopic (exact) mass is 488 g/mol. The maximum atomic E-state index is 13.5. The van der Waals surface area contributed by atoms with Gasteiger partial charge in [-0.3, -0.25) is 14.5 Å². The Kier molecular flexibility index (Phi) is 6.39. The van der Waals surface area contributed by atoms with E-state index >= 15 is 0 Å². The molecule has 0 saturated carbocycles. The van der Waals surface area contributed by atoms with Crippen molar-refractivity contribution in [2.75, 3.05) is 5.32 Å². The van der Waals surface area contributed by atoms with E-state index < -0.39 is 28.8 Å². The second kappa shape index (κ2) is 9.26. The first-order chi connectivity index (χ1) is 16.1. The zero-order valence-corrected chi connectivity index (χ0v) is 18.4. The molecule has 1 unspecified atom stereocenters. The van der Waals surface area contributed by atoms with Gasteiger partial charge in [0.05, 0.1) is 11.1 Å². The number of aromatic nitrogens is 3. The average Bonchev–Trinajstić information content (AvgIpc) is 3.15. The van der Waals surface area contributed by atoms with Gasteiger partial charge in [-0.15, -0.1) is 11.6 Å². The van der Waals surface area contributed by atoms with Gasteiger partial charge in [0.2, 0.25) is 5.91 Å². The quantitative estimate of drug-likeness (QED) is 0.268. The molecule has 174 valence electrons. The molecule has 1 N–H and O–H groups in total. The molecule has 0 radical (unpaired) electrons. The third-order valence-corrected chi connectivity index (χ3v) is 5.59. The van der Waals surface area contributed by atoms with Crippen molar-refractivity contribution >= 4 is 23.3 Å². The van der Waals surface area contributed by atoms with Crippen molar-refractivity contribution in [2.45, 2.75) is 11.6 Å². The van der Waals surface area contributed by atoms with Crippen LogP contribution in [-0.2, 0) is 18.0 Å². The number of benzene rings is 2. The van der Waals surface area contributed by atoms with Crippen molar-refractivity contribution in [3.05, 3.63) is 90.0 Å². The number of nitrogens with zero attached hydrogens (tertiary/aromatic N) is 3. The Morgan fingerprint density at radius 1 is 0.971 bits per heavy atom. The first-order valence-electron chi connectivity index (χ1n) is 10.0. The van der Waals surface area contributed by atoms with Crippen LogP contribution in [0, 0.1) is 5.82 Å². The van der Waals surface area contributed by atoms with Gasteiger partial charge in [0, 0.05) is 25.0 Å². The minimum atomic E-state index is -4.49. The fourth-order valence-corrected chi connectivity index (χ4v) is 3.64. The standard InChI is InChI=1S/C24H17ClF4N4O/c1-33-22(31-23(34)20(25)15-2-6-17(7-3-15)24(27,28)29)19(14-10-12-30-13-11-14)21(32-33)16-4-8-18(26)9-5-16/h2-13,20H,1H3,(H,31,34). The largest absolute Gasteiger partial charge is 0.416 e. The highest BCUT2D eigenvalue weighted by molar-refractivity contribution is 6.32. The third kappa shape index (κ3) is 4.79. The van der Waals surface area contributed by atoms with Gasteiger partial charge in [-0.05, 0) is 59.7 Å². The van der Waals surface area contributed by atoms with E-state index in [0.29, 0.717) is 28.2 Å². The number of halogens is 5. The van der Waals surface area contributed by atoms with Crippen LogP contribution in [-0.4, -0.2) is 20.7 Å². The van der Waals surface area contributed by atoms with Crippen LogP contribution in [0.25, 0.3) is 22.4 Å². The second-order valence-electron chi connectivity index (χ2n) is 7.41. The van der Waals surface area contributed by atoms with Gasteiger partial charge in [0.25, 0.3) is 0 Å². The van der Waals surface area contributed by atoms with Gasteiger partial charge in [0.1, 0.15) is 22.7 Å². The van der Waals surface area contributed by atoms with E-state index in [2.05, 4.69) is 15.4 Å². The molecular weight excluding hydrogens is 472 g/mol. The highest BCUT2D eigenvalue weighted by atomic mass is 35.5. The minimum Gasteiger partial charge on any atom is -0.309 e. The number of rotatable bonds is 5. The molecule has 1 amide bonds. The van der Waals surface area contributed by atoms with Gasteiger partial charge in [-0.2, -0.15) is 18.3 Å². The Bertz CT molecular complexity index is 1300. The molecule has 0 fully saturated rings. The van der Waals surface area contributed by atoms with Crippen molar-refractivity contribution < 1.29 is 22.4 Å². The summed E-state index contributed by atoms with van der Waals surface area (Å²) in [7, 11) is 1.62. The summed E-state index contributed by atoms with van der Waals surface area (Å²) in [5.74, 6) is -0.737. The van der Waals surface area contributed by atoms with Crippen molar-refractivity contribution in [3.63, 3.8) is 0 Å². The number of aryl methyl sites for hydroxylation is 1. The van der Waals surface area contributed by atoms with E-state index in [1.807, 2.05) is 0 Å². The Labute approximate surface area is 197 Å². The summed E-state index contributed by atoms with van der Waals surface area (Å²) in [4.78, 5) is 17.0. The van der Waals surface area contributed by atoms with Crippen LogP contribution < -0.4 is 5.32 Å². The molecule has 0 aliphatic rings. The SMILES string of the molecule is Cn1nc(-c2ccc(F)cc2)c(-c2ccncc2)c1NC(=O)C(Cl)c1ccc(C(F)(F)F)cc1. The Balaban J connectivity index is 1.70. The molecule has 2 heterocycles. The number of amides is 1. The highest BCUT2D eigenvalue weighted by Crippen LogP contribution is 2.38. The van der Waals surface area contributed by atoms with E-state index in [1.54, 1.807) is 43.7 Å². The number of anilines is 1. The van der Waals surface area contributed by atoms with Gasteiger partial charge < -0.3 is 5.32 Å². The second-order valence-corrected chi connectivity index (χ2v) is 7.85. The zero-order valence-electron chi connectivity index (χ0n) is 17.6. The number of carbonyl (C=O) groups is 1. The van der Waals surface area contributed by atoms with E-state index in [1.165, 1.54) is 16.8 Å². The van der Waals surface area contributed by atoms with Crippen LogP contribution in [0.4, 0.5) is 23.4 Å². The maximum absolute atomic E-state index is 13.5. The number of alkyl halides is 4. The average molecular weight is 489 g/mol. The van der Waals surface area contributed by atoms with Crippen molar-refractivity contribution in [2.24, 2.45) is 7.05 Å². The van der Waals surface area contributed by atoms with Crippen LogP contribution >= 0.6 is 11.6 Å². The molecule has 34 heavy (non-hydrogen) atoms. The molecule has 2 aromatic heterocycles. The highest BCUT2D eigenvalue weighted by Gasteiger charge is 2.31. The normalized spacial score (nSPS) is 12.4. The lowest BCUT2D eigenvalue weighted by atomic mass is 10.0. The van der Waals surface area contributed by atoms with Crippen molar-refractivity contribution in [1.82, 2.24) is 14.8 Å². The fourth-order valence-electron chi connectivity index (χ4n) is 3.44. The summed E-state index contributed by atoms with van der Waals surface area (Å²) in [5.41, 5.74) is 1.73. The molecule has 2 aromatic carbocycles. The van der Waals surface area contributed by atoms with E-state index in [-0.39, 0.29) is 5.56 Å². The molecular formula is C24H17ClF4N4O. The Morgan fingerprint density at radius 2 is 1.59 bits per heavy atom. The van der Waals surface area contributed by atoms with Crippen molar-refractivity contribution in [1.29, 1.82) is 0 Å². The summed E-state index contributed by atoms with van der Waals surface area (Å²) in [6, 6.07) is 13.3. The van der Waals surface area contributed by atoms with E-state index in [9.17, 15) is 22.4 Å². The Morgan fingerprint density at radius 3 is 2.18 bits per heavy atom. The number of nitrogens with one attached hydrogen (secondary N) is 1. The lowest BCUT2D eigenvalue weighted by molar-refractivity contribution is -0.137. The van der Waals surface area contributed by atoms with Gasteiger partial charge in [-0.25, -0.2) is 4.39 Å². The summed E-state index contributed by atoms with van der Waals surface area (Å²) in [6.45, 7) is 0. The molecule has 0 aliphatic heterocycles. The van der Waals surface area contributed by atoms with E-state index in [4.69, 9.17) is 11.6 Å². The molecule has 4 aromatic rings. The molecule has 5 nitrogen and oxygen atoms in total. The molecule has 1 atom stereocenters. The van der Waals surface area contributed by atoms with Crippen LogP contribution in [0.2, 0.25) is 0 Å². The molecule has 0 spiro atoms. The zero-order chi connectivity index (χ0) is 24.5. The first kappa shape index (κ1) is 23.4. The first-order valence-corrected chi connectivity index (χ1v) is 10.4. The van der Waals surface area contributed by atoms with Gasteiger partial charge in [0.15, 0.2) is 0 Å². The smallest absolute Gasteiger partial charge is 0.309 e. The predicted molar refractivity (Wildman–Crippen MR) is 121 cm³/mol. The summed E-state index contributed by atoms with van der Waals surface area (Å²) in [5, 5.41) is 5.98. The molecule has 0 bridgehead atoms.